The van der Waals surface area contributed by atoms with Gasteiger partial charge in [0.2, 0.25) is 0 Å². The van der Waals surface area contributed by atoms with Gasteiger partial charge in [-0.15, -0.1) is 0 Å². The molecule has 0 fully saturated rings. The largest absolute Gasteiger partial charge is 0.340 e. The molecule has 1 aromatic heterocycles. The van der Waals surface area contributed by atoms with Gasteiger partial charge in [-0.3, -0.25) is 4.79 Å². The predicted octanol–water partition coefficient (Wildman–Crippen LogP) is 4.57. The van der Waals surface area contributed by atoms with Gasteiger partial charge in [-0.1, -0.05) is 23.7 Å². The zero-order chi connectivity index (χ0) is 17.8. The van der Waals surface area contributed by atoms with Crippen LogP contribution in [0, 0.1) is 12.7 Å². The molecular formula is C18H14ClFN4O. The van der Waals surface area contributed by atoms with Crippen LogP contribution in [0.25, 0.3) is 0 Å². The number of benzene rings is 2. The molecule has 0 saturated heterocycles. The Morgan fingerprint density at radius 1 is 1.08 bits per heavy atom. The molecule has 0 unspecified atom stereocenters. The highest BCUT2D eigenvalue weighted by atomic mass is 35.5. The Morgan fingerprint density at radius 3 is 2.52 bits per heavy atom. The summed E-state index contributed by atoms with van der Waals surface area (Å²) in [7, 11) is 0. The van der Waals surface area contributed by atoms with E-state index in [0.717, 1.165) is 5.69 Å². The Bertz CT molecular complexity index is 915. The van der Waals surface area contributed by atoms with Crippen molar-refractivity contribution in [2.45, 2.75) is 6.92 Å². The van der Waals surface area contributed by atoms with Crippen molar-refractivity contribution >= 4 is 34.7 Å². The Morgan fingerprint density at radius 2 is 1.80 bits per heavy atom. The van der Waals surface area contributed by atoms with Gasteiger partial charge in [0.1, 0.15) is 23.2 Å². The van der Waals surface area contributed by atoms with Gasteiger partial charge in [-0.05, 0) is 43.3 Å². The number of rotatable bonds is 4. The van der Waals surface area contributed by atoms with Crippen LogP contribution in [0.15, 0.2) is 54.6 Å². The normalized spacial score (nSPS) is 10.4. The quantitative estimate of drug-likeness (QED) is 0.718. The predicted molar refractivity (Wildman–Crippen MR) is 95.9 cm³/mol. The number of aromatic nitrogens is 2. The molecule has 0 atom stereocenters. The number of carbonyl (C=O) groups excluding carboxylic acids is 1. The van der Waals surface area contributed by atoms with Gasteiger partial charge in [0.05, 0.1) is 5.69 Å². The minimum atomic E-state index is -0.519. The van der Waals surface area contributed by atoms with Crippen molar-refractivity contribution in [3.63, 3.8) is 0 Å². The Balaban J connectivity index is 1.82. The van der Waals surface area contributed by atoms with Crippen molar-refractivity contribution < 1.29 is 9.18 Å². The summed E-state index contributed by atoms with van der Waals surface area (Å²) in [5.41, 5.74) is 0.992. The minimum Gasteiger partial charge on any atom is -0.340 e. The molecule has 0 spiro atoms. The highest BCUT2D eigenvalue weighted by Gasteiger charge is 2.13. The topological polar surface area (TPSA) is 66.9 Å². The lowest BCUT2D eigenvalue weighted by Crippen LogP contribution is -2.16. The first-order chi connectivity index (χ1) is 12.0. The number of nitrogens with one attached hydrogen (secondary N) is 2. The molecule has 5 nitrogen and oxygen atoms in total. The van der Waals surface area contributed by atoms with Crippen LogP contribution >= 0.6 is 11.6 Å². The van der Waals surface area contributed by atoms with E-state index in [-0.39, 0.29) is 11.4 Å². The van der Waals surface area contributed by atoms with Crippen molar-refractivity contribution in [3.05, 3.63) is 77.0 Å². The van der Waals surface area contributed by atoms with E-state index in [1.54, 1.807) is 43.3 Å². The monoisotopic (exact) mass is 356 g/mol. The summed E-state index contributed by atoms with van der Waals surface area (Å²) in [5, 5.41) is 6.20. The molecule has 0 aliphatic carbocycles. The van der Waals surface area contributed by atoms with Gasteiger partial charge in [0.25, 0.3) is 5.91 Å². The lowest BCUT2D eigenvalue weighted by Gasteiger charge is -2.09. The number of halogens is 2. The van der Waals surface area contributed by atoms with Crippen molar-refractivity contribution in [1.29, 1.82) is 0 Å². The fourth-order valence-corrected chi connectivity index (χ4v) is 2.30. The Kier molecular flexibility index (Phi) is 4.90. The molecule has 2 aromatic carbocycles. The summed E-state index contributed by atoms with van der Waals surface area (Å²) in [6.07, 6.45) is 0. The fraction of sp³-hybridized carbons (Fsp3) is 0.0556. The first kappa shape index (κ1) is 16.9. The fourth-order valence-electron chi connectivity index (χ4n) is 2.18. The maximum atomic E-state index is 13.7. The lowest BCUT2D eigenvalue weighted by molar-refractivity contribution is 0.102. The van der Waals surface area contributed by atoms with Gasteiger partial charge in [-0.2, -0.15) is 0 Å². The third-order valence-corrected chi connectivity index (χ3v) is 3.56. The molecule has 25 heavy (non-hydrogen) atoms. The number of aryl methyl sites for hydroxylation is 1. The molecule has 0 aliphatic rings. The molecular weight excluding hydrogens is 343 g/mol. The Hall–Kier alpha value is -2.99. The molecule has 0 saturated carbocycles. The Labute approximate surface area is 148 Å². The molecule has 7 heteroatoms. The van der Waals surface area contributed by atoms with Crippen molar-refractivity contribution in [2.75, 3.05) is 10.6 Å². The maximum Gasteiger partial charge on any atom is 0.274 e. The molecule has 0 aliphatic heterocycles. The second-order valence-corrected chi connectivity index (χ2v) is 5.69. The average molecular weight is 357 g/mol. The molecule has 0 bridgehead atoms. The number of anilines is 3. The van der Waals surface area contributed by atoms with E-state index in [9.17, 15) is 9.18 Å². The molecule has 1 heterocycles. The number of hydrogen-bond donors (Lipinski definition) is 2. The summed E-state index contributed by atoms with van der Waals surface area (Å²) in [4.78, 5) is 20.7. The highest BCUT2D eigenvalue weighted by Crippen LogP contribution is 2.19. The van der Waals surface area contributed by atoms with Crippen molar-refractivity contribution in [1.82, 2.24) is 9.97 Å². The number of carbonyl (C=O) groups is 1. The van der Waals surface area contributed by atoms with Crippen LogP contribution in [0.5, 0.6) is 0 Å². The highest BCUT2D eigenvalue weighted by molar-refractivity contribution is 6.30. The summed E-state index contributed by atoms with van der Waals surface area (Å²) >= 11 is 5.86. The van der Waals surface area contributed by atoms with Gasteiger partial charge >= 0.3 is 0 Å². The van der Waals surface area contributed by atoms with Crippen molar-refractivity contribution in [2.24, 2.45) is 0 Å². The standard InChI is InChI=1S/C18H14ClFN4O/c1-11-21-16(18(25)24-15-5-3-2-4-14(15)20)10-17(22-11)23-13-8-6-12(19)7-9-13/h2-10H,1H3,(H,24,25)(H,21,22,23). The van der Waals surface area contributed by atoms with Crippen LogP contribution in [-0.4, -0.2) is 15.9 Å². The van der Waals surface area contributed by atoms with E-state index >= 15 is 0 Å². The summed E-state index contributed by atoms with van der Waals surface area (Å²) in [5.74, 6) is -0.165. The molecule has 1 amide bonds. The molecule has 3 aromatic rings. The first-order valence-corrected chi connectivity index (χ1v) is 7.83. The van der Waals surface area contributed by atoms with Crippen LogP contribution in [0.1, 0.15) is 16.3 Å². The maximum absolute atomic E-state index is 13.7. The zero-order valence-corrected chi connectivity index (χ0v) is 14.0. The van der Waals surface area contributed by atoms with Gasteiger partial charge in [0.15, 0.2) is 0 Å². The average Bonchev–Trinajstić information content (AvgIpc) is 2.58. The second kappa shape index (κ2) is 7.27. The van der Waals surface area contributed by atoms with Crippen LogP contribution < -0.4 is 10.6 Å². The number of hydrogen-bond acceptors (Lipinski definition) is 4. The van der Waals surface area contributed by atoms with Gasteiger partial charge in [-0.25, -0.2) is 14.4 Å². The molecule has 2 N–H and O–H groups in total. The molecule has 126 valence electrons. The number of amides is 1. The number of nitrogens with zero attached hydrogens (tertiary/aromatic N) is 2. The van der Waals surface area contributed by atoms with Gasteiger partial charge < -0.3 is 10.6 Å². The minimum absolute atomic E-state index is 0.0935. The van der Waals surface area contributed by atoms with E-state index in [2.05, 4.69) is 20.6 Å². The third kappa shape index (κ3) is 4.30. The SMILES string of the molecule is Cc1nc(Nc2ccc(Cl)cc2)cc(C(=O)Nc2ccccc2F)n1. The summed E-state index contributed by atoms with van der Waals surface area (Å²) in [6, 6.07) is 14.5. The van der Waals surface area contributed by atoms with Crippen LogP contribution in [0.4, 0.5) is 21.6 Å². The summed E-state index contributed by atoms with van der Waals surface area (Å²) < 4.78 is 13.7. The van der Waals surface area contributed by atoms with E-state index in [0.29, 0.717) is 16.7 Å². The first-order valence-electron chi connectivity index (χ1n) is 7.45. The van der Waals surface area contributed by atoms with Gasteiger partial charge in [0, 0.05) is 16.8 Å². The van der Waals surface area contributed by atoms with E-state index in [1.807, 2.05) is 0 Å². The zero-order valence-electron chi connectivity index (χ0n) is 13.3. The number of para-hydroxylation sites is 1. The molecule has 0 radical (unpaired) electrons. The third-order valence-electron chi connectivity index (χ3n) is 3.31. The van der Waals surface area contributed by atoms with E-state index in [4.69, 9.17) is 11.6 Å². The van der Waals surface area contributed by atoms with Crippen LogP contribution in [-0.2, 0) is 0 Å². The smallest absolute Gasteiger partial charge is 0.274 e. The van der Waals surface area contributed by atoms with E-state index < -0.39 is 11.7 Å². The van der Waals surface area contributed by atoms with Crippen molar-refractivity contribution in [3.8, 4) is 0 Å². The lowest BCUT2D eigenvalue weighted by atomic mass is 10.2. The van der Waals surface area contributed by atoms with Crippen LogP contribution in [0.2, 0.25) is 5.02 Å². The molecule has 3 rings (SSSR count). The second-order valence-electron chi connectivity index (χ2n) is 5.25. The summed E-state index contributed by atoms with van der Waals surface area (Å²) in [6.45, 7) is 1.67. The van der Waals surface area contributed by atoms with Crippen LogP contribution in [0.3, 0.4) is 0 Å². The van der Waals surface area contributed by atoms with E-state index in [1.165, 1.54) is 18.2 Å².